The van der Waals surface area contributed by atoms with Gasteiger partial charge in [-0.3, -0.25) is 9.59 Å². The molecule has 0 aliphatic carbocycles. The number of halogens is 2. The Balaban J connectivity index is 0.000000980. The Labute approximate surface area is 138 Å². The highest BCUT2D eigenvalue weighted by Crippen LogP contribution is 2.32. The van der Waals surface area contributed by atoms with Crippen LogP contribution in [0.1, 0.15) is 38.7 Å². The van der Waals surface area contributed by atoms with Crippen molar-refractivity contribution in [1.82, 2.24) is 0 Å². The monoisotopic (exact) mass is 348 g/mol. The normalized spacial score (nSPS) is 12.6. The molecule has 0 aliphatic heterocycles. The maximum absolute atomic E-state index is 12.0. The zero-order valence-electron chi connectivity index (χ0n) is 12.5. The third-order valence-electron chi connectivity index (χ3n) is 3.14. The van der Waals surface area contributed by atoms with Gasteiger partial charge < -0.3 is 10.2 Å². The molecule has 0 spiro atoms. The van der Waals surface area contributed by atoms with Gasteiger partial charge in [-0.1, -0.05) is 43.1 Å². The fraction of sp³-hybridized carbons (Fsp3) is 0.400. The second kappa shape index (κ2) is 9.43. The fourth-order valence-electron chi connectivity index (χ4n) is 1.91. The summed E-state index contributed by atoms with van der Waals surface area (Å²) in [5.74, 6) is -0.763. The van der Waals surface area contributed by atoms with Crippen LogP contribution in [-0.4, -0.2) is 27.9 Å². The highest BCUT2D eigenvalue weighted by atomic mass is 35.5. The summed E-state index contributed by atoms with van der Waals surface area (Å²) in [6.07, 6.45) is -1.44. The molecule has 0 amide bonds. The van der Waals surface area contributed by atoms with Crippen molar-refractivity contribution in [3.8, 4) is 0 Å². The Morgan fingerprint density at radius 3 is 2.00 bits per heavy atom. The van der Waals surface area contributed by atoms with Crippen LogP contribution in [0.5, 0.6) is 0 Å². The molecule has 1 rings (SSSR count). The molecule has 0 saturated heterocycles. The van der Waals surface area contributed by atoms with Crippen LogP contribution in [0.3, 0.4) is 0 Å². The van der Waals surface area contributed by atoms with Gasteiger partial charge in [0, 0.05) is 12.3 Å². The van der Waals surface area contributed by atoms with Gasteiger partial charge in [0.25, 0.3) is 0 Å². The molecule has 2 atom stereocenters. The van der Waals surface area contributed by atoms with E-state index in [1.54, 1.807) is 32.0 Å². The Morgan fingerprint density at radius 1 is 1.14 bits per heavy atom. The molecule has 0 aromatic heterocycles. The van der Waals surface area contributed by atoms with Gasteiger partial charge in [-0.05, 0) is 24.6 Å². The second-order valence-corrected chi connectivity index (χ2v) is 5.47. The van der Waals surface area contributed by atoms with E-state index in [0.29, 0.717) is 16.5 Å². The topological polar surface area (TPSA) is 91.7 Å². The summed E-state index contributed by atoms with van der Waals surface area (Å²) in [5.41, 5.74) is 0.749. The third kappa shape index (κ3) is 6.45. The SMILES string of the molecule is CCC(=O)C(c1ccc(Cl)c(Cl)c1)C(C)C(C)=O.O=C(O)O. The molecule has 122 valence electrons. The molecule has 0 heterocycles. The van der Waals surface area contributed by atoms with Crippen LogP contribution in [-0.2, 0) is 9.59 Å². The lowest BCUT2D eigenvalue weighted by molar-refractivity contribution is -0.127. The van der Waals surface area contributed by atoms with Gasteiger partial charge in [-0.2, -0.15) is 0 Å². The Morgan fingerprint density at radius 2 is 1.64 bits per heavy atom. The van der Waals surface area contributed by atoms with Crippen LogP contribution in [0, 0.1) is 5.92 Å². The van der Waals surface area contributed by atoms with E-state index in [0.717, 1.165) is 5.56 Å². The van der Waals surface area contributed by atoms with Crippen molar-refractivity contribution in [1.29, 1.82) is 0 Å². The van der Waals surface area contributed by atoms with Crippen molar-refractivity contribution in [2.24, 2.45) is 5.92 Å². The van der Waals surface area contributed by atoms with Gasteiger partial charge in [0.05, 0.1) is 16.0 Å². The van der Waals surface area contributed by atoms with E-state index in [-0.39, 0.29) is 17.5 Å². The van der Waals surface area contributed by atoms with Crippen LogP contribution >= 0.6 is 23.2 Å². The van der Waals surface area contributed by atoms with Gasteiger partial charge in [-0.15, -0.1) is 0 Å². The van der Waals surface area contributed by atoms with Crippen molar-refractivity contribution >= 4 is 40.9 Å². The molecule has 0 fully saturated rings. The first-order chi connectivity index (χ1) is 10.1. The van der Waals surface area contributed by atoms with E-state index in [1.807, 2.05) is 0 Å². The summed E-state index contributed by atoms with van der Waals surface area (Å²) in [7, 11) is 0. The first kappa shape index (κ1) is 20.4. The summed E-state index contributed by atoms with van der Waals surface area (Å²) in [5, 5.41) is 14.8. The molecule has 22 heavy (non-hydrogen) atoms. The quantitative estimate of drug-likeness (QED) is 0.816. The maximum Gasteiger partial charge on any atom is 0.503 e. The molecule has 0 radical (unpaired) electrons. The van der Waals surface area contributed by atoms with Gasteiger partial charge in [0.2, 0.25) is 0 Å². The Kier molecular flexibility index (Phi) is 8.75. The number of carbonyl (C=O) groups excluding carboxylic acids is 2. The predicted molar refractivity (Wildman–Crippen MR) is 85.0 cm³/mol. The third-order valence-corrected chi connectivity index (χ3v) is 3.88. The van der Waals surface area contributed by atoms with Crippen molar-refractivity contribution in [3.63, 3.8) is 0 Å². The summed E-state index contributed by atoms with van der Waals surface area (Å²) in [6.45, 7) is 5.06. The minimum Gasteiger partial charge on any atom is -0.450 e. The number of benzene rings is 1. The average molecular weight is 349 g/mol. The molecular weight excluding hydrogens is 331 g/mol. The first-order valence-electron chi connectivity index (χ1n) is 6.51. The number of rotatable bonds is 5. The molecule has 0 bridgehead atoms. The number of hydrogen-bond donors (Lipinski definition) is 2. The Hall–Kier alpha value is -1.59. The number of Topliss-reactive ketones (excluding diaryl/α,β-unsaturated/α-hetero) is 2. The van der Waals surface area contributed by atoms with E-state index in [1.165, 1.54) is 6.92 Å². The number of carboxylic acid groups (broad SMARTS) is 2. The number of carbonyl (C=O) groups is 3. The summed E-state index contributed by atoms with van der Waals surface area (Å²) >= 11 is 11.8. The average Bonchev–Trinajstić information content (AvgIpc) is 2.41. The molecule has 0 aliphatic rings. The molecular formula is C15H18Cl2O5. The summed E-state index contributed by atoms with van der Waals surface area (Å²) in [6, 6.07) is 5.08. The number of hydrogen-bond acceptors (Lipinski definition) is 3. The summed E-state index contributed by atoms with van der Waals surface area (Å²) < 4.78 is 0. The van der Waals surface area contributed by atoms with Crippen LogP contribution in [0.2, 0.25) is 10.0 Å². The van der Waals surface area contributed by atoms with Gasteiger partial charge >= 0.3 is 6.16 Å². The van der Waals surface area contributed by atoms with E-state index in [4.69, 9.17) is 38.2 Å². The molecule has 1 aromatic rings. The molecule has 5 nitrogen and oxygen atoms in total. The molecule has 7 heteroatoms. The van der Waals surface area contributed by atoms with Crippen LogP contribution in [0.25, 0.3) is 0 Å². The first-order valence-corrected chi connectivity index (χ1v) is 7.27. The number of ketones is 2. The summed E-state index contributed by atoms with van der Waals surface area (Å²) in [4.78, 5) is 32.1. The van der Waals surface area contributed by atoms with Crippen LogP contribution < -0.4 is 0 Å². The zero-order valence-corrected chi connectivity index (χ0v) is 14.0. The second-order valence-electron chi connectivity index (χ2n) is 4.65. The lowest BCUT2D eigenvalue weighted by Crippen LogP contribution is -2.24. The predicted octanol–water partition coefficient (Wildman–Crippen LogP) is 4.50. The van der Waals surface area contributed by atoms with Crippen molar-refractivity contribution in [2.75, 3.05) is 0 Å². The van der Waals surface area contributed by atoms with Gasteiger partial charge in [0.1, 0.15) is 11.6 Å². The van der Waals surface area contributed by atoms with Crippen LogP contribution in [0.4, 0.5) is 4.79 Å². The standard InChI is InChI=1S/C14H16Cl2O2.CH2O3/c1-4-13(18)14(8(2)9(3)17)10-5-6-11(15)12(16)7-10;2-1(3)4/h5-8,14H,4H2,1-3H3;(H2,2,3,4). The maximum atomic E-state index is 12.0. The lowest BCUT2D eigenvalue weighted by Gasteiger charge is -2.21. The Bertz CT molecular complexity index is 553. The largest absolute Gasteiger partial charge is 0.503 e. The van der Waals surface area contributed by atoms with E-state index >= 15 is 0 Å². The smallest absolute Gasteiger partial charge is 0.450 e. The molecule has 2 unspecified atom stereocenters. The molecule has 1 aromatic carbocycles. The van der Waals surface area contributed by atoms with E-state index in [2.05, 4.69) is 0 Å². The van der Waals surface area contributed by atoms with Gasteiger partial charge in [0.15, 0.2) is 0 Å². The minimum atomic E-state index is -1.83. The van der Waals surface area contributed by atoms with Crippen molar-refractivity contribution in [3.05, 3.63) is 33.8 Å². The highest BCUT2D eigenvalue weighted by Gasteiger charge is 2.28. The van der Waals surface area contributed by atoms with Crippen LogP contribution in [0.15, 0.2) is 18.2 Å². The molecule has 2 N–H and O–H groups in total. The highest BCUT2D eigenvalue weighted by molar-refractivity contribution is 6.42. The van der Waals surface area contributed by atoms with Crippen molar-refractivity contribution in [2.45, 2.75) is 33.1 Å². The lowest BCUT2D eigenvalue weighted by atomic mass is 9.81. The molecule has 0 saturated carbocycles. The van der Waals surface area contributed by atoms with Crippen molar-refractivity contribution < 1.29 is 24.6 Å². The van der Waals surface area contributed by atoms with Gasteiger partial charge in [-0.25, -0.2) is 4.79 Å². The van der Waals surface area contributed by atoms with E-state index < -0.39 is 12.1 Å². The van der Waals surface area contributed by atoms with E-state index in [9.17, 15) is 9.59 Å². The minimum absolute atomic E-state index is 0.00660. The zero-order chi connectivity index (χ0) is 17.4. The fourth-order valence-corrected chi connectivity index (χ4v) is 2.22.